The zero-order valence-electron chi connectivity index (χ0n) is 20.0. The fourth-order valence-electron chi connectivity index (χ4n) is 4.40. The summed E-state index contributed by atoms with van der Waals surface area (Å²) in [5.41, 5.74) is 2.49. The van der Waals surface area contributed by atoms with Crippen molar-refractivity contribution in [1.82, 2.24) is 19.9 Å². The van der Waals surface area contributed by atoms with Gasteiger partial charge in [0, 0.05) is 6.04 Å². The Hall–Kier alpha value is -3.68. The molecule has 0 N–H and O–H groups in total. The van der Waals surface area contributed by atoms with E-state index in [1.54, 1.807) is 24.5 Å². The third-order valence-electron chi connectivity index (χ3n) is 6.23. The number of hydrogen-bond acceptors (Lipinski definition) is 6. The molecule has 1 amide bonds. The number of piperidine rings is 1. The van der Waals surface area contributed by atoms with Gasteiger partial charge in [-0.1, -0.05) is 38.1 Å². The van der Waals surface area contributed by atoms with E-state index in [-0.39, 0.29) is 24.0 Å². The van der Waals surface area contributed by atoms with E-state index in [1.165, 1.54) is 11.9 Å². The van der Waals surface area contributed by atoms with Crippen LogP contribution in [0, 0.1) is 0 Å². The number of methoxy groups -OCH3 is 1. The van der Waals surface area contributed by atoms with E-state index < -0.39 is 5.97 Å². The second-order valence-corrected chi connectivity index (χ2v) is 8.83. The Bertz CT molecular complexity index is 1160. The zero-order chi connectivity index (χ0) is 24.2. The Labute approximate surface area is 199 Å². The quantitative estimate of drug-likeness (QED) is 0.509. The van der Waals surface area contributed by atoms with Crippen LogP contribution in [0.3, 0.4) is 0 Å². The summed E-state index contributed by atoms with van der Waals surface area (Å²) in [6.45, 7) is 6.51. The number of para-hydroxylation sites is 1. The molecule has 34 heavy (non-hydrogen) atoms. The van der Waals surface area contributed by atoms with Crippen LogP contribution in [-0.4, -0.2) is 57.6 Å². The highest BCUT2D eigenvalue weighted by atomic mass is 16.5. The molecule has 1 aliphatic rings. The van der Waals surface area contributed by atoms with E-state index in [2.05, 4.69) is 10.2 Å². The standard InChI is InChI=1S/C26H30N4O4/c1-17(2)20-9-7-11-23(24(20)26(32)33-4)34-19-13-12-18(3)29(16-19)25(31)21-8-5-6-10-22(21)30-27-14-15-28-30/h5-11,14-15,17-19H,12-13,16H2,1-4H3/t18-,19-/m1/s1. The Kier molecular flexibility index (Phi) is 6.95. The maximum atomic E-state index is 13.6. The zero-order valence-corrected chi connectivity index (χ0v) is 20.0. The monoisotopic (exact) mass is 462 g/mol. The molecule has 0 unspecified atom stereocenters. The van der Waals surface area contributed by atoms with Gasteiger partial charge in [-0.3, -0.25) is 4.79 Å². The number of benzene rings is 2. The maximum Gasteiger partial charge on any atom is 0.341 e. The molecule has 2 aromatic carbocycles. The molecule has 0 bridgehead atoms. The van der Waals surface area contributed by atoms with Crippen molar-refractivity contribution in [2.45, 2.75) is 51.7 Å². The Balaban J connectivity index is 1.60. The first-order valence-corrected chi connectivity index (χ1v) is 11.5. The van der Waals surface area contributed by atoms with Gasteiger partial charge in [0.2, 0.25) is 0 Å². The third-order valence-corrected chi connectivity index (χ3v) is 6.23. The molecule has 8 heteroatoms. The van der Waals surface area contributed by atoms with E-state index in [1.807, 2.05) is 56.0 Å². The average Bonchev–Trinajstić information content (AvgIpc) is 3.39. The van der Waals surface area contributed by atoms with E-state index in [0.29, 0.717) is 29.1 Å². The molecular formula is C26H30N4O4. The van der Waals surface area contributed by atoms with Crippen LogP contribution in [0.2, 0.25) is 0 Å². The van der Waals surface area contributed by atoms with Crippen molar-refractivity contribution < 1.29 is 19.1 Å². The van der Waals surface area contributed by atoms with Gasteiger partial charge in [0.15, 0.2) is 0 Å². The fraction of sp³-hybridized carbons (Fsp3) is 0.385. The van der Waals surface area contributed by atoms with Crippen molar-refractivity contribution in [3.63, 3.8) is 0 Å². The number of nitrogens with zero attached hydrogens (tertiary/aromatic N) is 4. The molecule has 1 aromatic heterocycles. The van der Waals surface area contributed by atoms with Gasteiger partial charge in [-0.2, -0.15) is 15.0 Å². The van der Waals surface area contributed by atoms with Crippen molar-refractivity contribution in [3.8, 4) is 11.4 Å². The van der Waals surface area contributed by atoms with Gasteiger partial charge < -0.3 is 14.4 Å². The molecule has 0 radical (unpaired) electrons. The minimum atomic E-state index is -0.419. The second kappa shape index (κ2) is 10.1. The van der Waals surface area contributed by atoms with Crippen molar-refractivity contribution in [1.29, 1.82) is 0 Å². The number of esters is 1. The summed E-state index contributed by atoms with van der Waals surface area (Å²) in [6.07, 6.45) is 4.48. The number of ether oxygens (including phenoxy) is 2. The lowest BCUT2D eigenvalue weighted by Gasteiger charge is -2.38. The van der Waals surface area contributed by atoms with Gasteiger partial charge in [0.05, 0.1) is 37.3 Å². The van der Waals surface area contributed by atoms with Crippen LogP contribution in [0.4, 0.5) is 0 Å². The SMILES string of the molecule is COC(=O)c1c(O[C@@H]2CC[C@@H](C)N(C(=O)c3ccccc3-n3nccn3)C2)cccc1C(C)C. The predicted molar refractivity (Wildman–Crippen MR) is 127 cm³/mol. The average molecular weight is 463 g/mol. The van der Waals surface area contributed by atoms with Crippen LogP contribution in [0.25, 0.3) is 5.69 Å². The van der Waals surface area contributed by atoms with Crippen molar-refractivity contribution in [3.05, 3.63) is 71.5 Å². The molecule has 2 atom stereocenters. The number of carbonyl (C=O) groups excluding carboxylic acids is 2. The summed E-state index contributed by atoms with van der Waals surface area (Å²) in [4.78, 5) is 29.5. The molecule has 8 nitrogen and oxygen atoms in total. The third kappa shape index (κ3) is 4.66. The summed E-state index contributed by atoms with van der Waals surface area (Å²) < 4.78 is 11.4. The van der Waals surface area contributed by atoms with Crippen LogP contribution >= 0.6 is 0 Å². The first kappa shape index (κ1) is 23.5. The molecule has 178 valence electrons. The van der Waals surface area contributed by atoms with E-state index in [9.17, 15) is 9.59 Å². The molecule has 1 aliphatic heterocycles. The Morgan fingerprint density at radius 2 is 1.76 bits per heavy atom. The summed E-state index contributed by atoms with van der Waals surface area (Å²) in [7, 11) is 1.37. The Morgan fingerprint density at radius 3 is 2.47 bits per heavy atom. The summed E-state index contributed by atoms with van der Waals surface area (Å²) in [6, 6.07) is 13.0. The molecule has 0 saturated carbocycles. The van der Waals surface area contributed by atoms with Crippen molar-refractivity contribution in [2.24, 2.45) is 0 Å². The van der Waals surface area contributed by atoms with Crippen LogP contribution in [0.1, 0.15) is 65.8 Å². The number of rotatable bonds is 6. The smallest absolute Gasteiger partial charge is 0.341 e. The normalized spacial score (nSPS) is 18.1. The fourth-order valence-corrected chi connectivity index (χ4v) is 4.40. The van der Waals surface area contributed by atoms with Crippen LogP contribution in [0.15, 0.2) is 54.9 Å². The molecule has 4 rings (SSSR count). The number of carbonyl (C=O) groups is 2. The highest BCUT2D eigenvalue weighted by Gasteiger charge is 2.33. The number of hydrogen-bond donors (Lipinski definition) is 0. The lowest BCUT2D eigenvalue weighted by Crippen LogP contribution is -2.49. The lowest BCUT2D eigenvalue weighted by atomic mass is 9.96. The van der Waals surface area contributed by atoms with Gasteiger partial charge in [-0.25, -0.2) is 4.79 Å². The van der Waals surface area contributed by atoms with Gasteiger partial charge in [-0.05, 0) is 49.4 Å². The van der Waals surface area contributed by atoms with E-state index >= 15 is 0 Å². The first-order valence-electron chi connectivity index (χ1n) is 11.5. The number of amides is 1. The highest BCUT2D eigenvalue weighted by Crippen LogP contribution is 2.31. The van der Waals surface area contributed by atoms with E-state index in [0.717, 1.165) is 18.4 Å². The highest BCUT2D eigenvalue weighted by molar-refractivity contribution is 5.98. The molecule has 1 saturated heterocycles. The maximum absolute atomic E-state index is 13.6. The largest absolute Gasteiger partial charge is 0.488 e. The predicted octanol–water partition coefficient (Wildman–Crippen LogP) is 4.25. The van der Waals surface area contributed by atoms with Gasteiger partial charge in [0.25, 0.3) is 5.91 Å². The molecule has 1 fully saturated rings. The van der Waals surface area contributed by atoms with Gasteiger partial charge in [-0.15, -0.1) is 0 Å². The number of likely N-dealkylation sites (tertiary alicyclic amines) is 1. The number of aromatic nitrogens is 3. The minimum absolute atomic E-state index is 0.0491. The van der Waals surface area contributed by atoms with E-state index in [4.69, 9.17) is 9.47 Å². The van der Waals surface area contributed by atoms with Crippen LogP contribution in [0.5, 0.6) is 5.75 Å². The van der Waals surface area contributed by atoms with Crippen LogP contribution < -0.4 is 4.74 Å². The molecule has 3 aromatic rings. The summed E-state index contributed by atoms with van der Waals surface area (Å²) in [5.74, 6) is 0.107. The molecule has 2 heterocycles. The molecule has 0 spiro atoms. The van der Waals surface area contributed by atoms with Gasteiger partial charge in [0.1, 0.15) is 17.4 Å². The molecule has 0 aliphatic carbocycles. The van der Waals surface area contributed by atoms with Crippen LogP contribution in [-0.2, 0) is 4.74 Å². The van der Waals surface area contributed by atoms with Crippen molar-refractivity contribution >= 4 is 11.9 Å². The summed E-state index contributed by atoms with van der Waals surface area (Å²) in [5, 5.41) is 8.37. The summed E-state index contributed by atoms with van der Waals surface area (Å²) >= 11 is 0. The minimum Gasteiger partial charge on any atom is -0.488 e. The lowest BCUT2D eigenvalue weighted by molar-refractivity contribution is 0.0371. The first-order chi connectivity index (χ1) is 16.4. The molecular weight excluding hydrogens is 432 g/mol. The Morgan fingerprint density at radius 1 is 1.03 bits per heavy atom. The topological polar surface area (TPSA) is 86.5 Å². The second-order valence-electron chi connectivity index (χ2n) is 8.83. The van der Waals surface area contributed by atoms with Gasteiger partial charge >= 0.3 is 5.97 Å². The van der Waals surface area contributed by atoms with Crippen molar-refractivity contribution in [2.75, 3.05) is 13.7 Å².